The van der Waals surface area contributed by atoms with Crippen LogP contribution in [0.1, 0.15) is 6.92 Å². The summed E-state index contributed by atoms with van der Waals surface area (Å²) in [6.45, 7) is 1.06. The molecule has 0 amide bonds. The minimum absolute atomic E-state index is 0.0604. The van der Waals surface area contributed by atoms with E-state index in [9.17, 15) is 23.7 Å². The molecule has 0 aromatic heterocycles. The molecule has 20 heavy (non-hydrogen) atoms. The summed E-state index contributed by atoms with van der Waals surface area (Å²) in [5, 5.41) is 10.7. The zero-order chi connectivity index (χ0) is 15.3. The zero-order valence-electron chi connectivity index (χ0n) is 10.6. The maximum Gasteiger partial charge on any atom is 0.502 e. The first kappa shape index (κ1) is 15.6. The molecule has 1 aromatic rings. The van der Waals surface area contributed by atoms with Crippen molar-refractivity contribution in [2.75, 3.05) is 13.7 Å². The van der Waals surface area contributed by atoms with Crippen molar-refractivity contribution in [1.82, 2.24) is 0 Å². The Hall–Kier alpha value is -2.45. The van der Waals surface area contributed by atoms with Crippen LogP contribution in [0.15, 0.2) is 18.2 Å². The van der Waals surface area contributed by atoms with Crippen LogP contribution in [0.2, 0.25) is 0 Å². The van der Waals surface area contributed by atoms with Crippen molar-refractivity contribution in [3.8, 4) is 11.5 Å². The number of halogens is 2. The average molecular weight is 291 g/mol. The highest BCUT2D eigenvalue weighted by Gasteiger charge is 2.45. The third-order valence-electron chi connectivity index (χ3n) is 2.11. The molecule has 1 aromatic carbocycles. The molecule has 0 aliphatic rings. The molecule has 7 nitrogen and oxygen atoms in total. The Balaban J connectivity index is 3.11. The number of alkyl halides is 2. The average Bonchev–Trinajstić information content (AvgIpc) is 2.38. The molecule has 0 N–H and O–H groups in total. The first-order chi connectivity index (χ1) is 9.31. The fourth-order valence-electron chi connectivity index (χ4n) is 1.25. The number of methoxy groups -OCH3 is 1. The van der Waals surface area contributed by atoms with Crippen molar-refractivity contribution in [2.24, 2.45) is 0 Å². The quantitative estimate of drug-likeness (QED) is 0.453. The van der Waals surface area contributed by atoms with Gasteiger partial charge in [0.05, 0.1) is 18.6 Å². The number of esters is 1. The molecule has 0 saturated heterocycles. The molecule has 0 unspecified atom stereocenters. The topological polar surface area (TPSA) is 87.9 Å². The van der Waals surface area contributed by atoms with Crippen LogP contribution >= 0.6 is 0 Å². The number of hydrogen-bond acceptors (Lipinski definition) is 6. The summed E-state index contributed by atoms with van der Waals surface area (Å²) in [4.78, 5) is 20.8. The Morgan fingerprint density at radius 1 is 1.45 bits per heavy atom. The third-order valence-corrected chi connectivity index (χ3v) is 2.11. The SMILES string of the molecule is CCOC(=O)C(F)(F)Oc1cc(OC)ccc1[N+](=O)[O-]. The van der Waals surface area contributed by atoms with Gasteiger partial charge in [-0.1, -0.05) is 0 Å². The van der Waals surface area contributed by atoms with Crippen LogP contribution in [-0.2, 0) is 9.53 Å². The smallest absolute Gasteiger partial charge is 0.497 e. The maximum atomic E-state index is 13.4. The predicted octanol–water partition coefficient (Wildman–Crippen LogP) is 2.14. The van der Waals surface area contributed by atoms with Crippen LogP contribution in [0.5, 0.6) is 11.5 Å². The van der Waals surface area contributed by atoms with E-state index in [4.69, 9.17) is 4.74 Å². The lowest BCUT2D eigenvalue weighted by atomic mass is 10.3. The maximum absolute atomic E-state index is 13.4. The van der Waals surface area contributed by atoms with E-state index >= 15 is 0 Å². The number of nitrogens with zero attached hydrogens (tertiary/aromatic N) is 1. The summed E-state index contributed by atoms with van der Waals surface area (Å²) >= 11 is 0. The molecule has 0 radical (unpaired) electrons. The van der Waals surface area contributed by atoms with Gasteiger partial charge in [0.25, 0.3) is 0 Å². The van der Waals surface area contributed by atoms with Crippen molar-refractivity contribution < 1.29 is 32.7 Å². The fourth-order valence-corrected chi connectivity index (χ4v) is 1.25. The number of hydrogen-bond donors (Lipinski definition) is 0. The van der Waals surface area contributed by atoms with Crippen LogP contribution in [0.3, 0.4) is 0 Å². The molecule has 0 fully saturated rings. The monoisotopic (exact) mass is 291 g/mol. The van der Waals surface area contributed by atoms with Gasteiger partial charge in [-0.3, -0.25) is 10.1 Å². The summed E-state index contributed by atoms with van der Waals surface area (Å²) in [6.07, 6.45) is -4.34. The van der Waals surface area contributed by atoms with Crippen LogP contribution in [0, 0.1) is 10.1 Å². The first-order valence-electron chi connectivity index (χ1n) is 5.38. The van der Waals surface area contributed by atoms with E-state index in [0.717, 1.165) is 12.1 Å². The molecule has 0 saturated carbocycles. The van der Waals surface area contributed by atoms with Gasteiger partial charge in [-0.05, 0) is 13.0 Å². The summed E-state index contributed by atoms with van der Waals surface area (Å²) in [7, 11) is 1.24. The van der Waals surface area contributed by atoms with Crippen LogP contribution in [-0.4, -0.2) is 30.7 Å². The minimum atomic E-state index is -4.34. The van der Waals surface area contributed by atoms with Gasteiger partial charge in [0.15, 0.2) is 0 Å². The zero-order valence-corrected chi connectivity index (χ0v) is 10.6. The van der Waals surface area contributed by atoms with Crippen LogP contribution in [0.4, 0.5) is 14.5 Å². The highest BCUT2D eigenvalue weighted by Crippen LogP contribution is 2.34. The first-order valence-corrected chi connectivity index (χ1v) is 5.38. The Morgan fingerprint density at radius 3 is 2.60 bits per heavy atom. The van der Waals surface area contributed by atoms with Gasteiger partial charge in [0.2, 0.25) is 5.75 Å². The number of ether oxygens (including phenoxy) is 3. The third kappa shape index (κ3) is 3.53. The van der Waals surface area contributed by atoms with Gasteiger partial charge in [0, 0.05) is 12.1 Å². The molecule has 1 rings (SSSR count). The molecule has 0 bridgehead atoms. The lowest BCUT2D eigenvalue weighted by Crippen LogP contribution is -2.37. The van der Waals surface area contributed by atoms with E-state index in [-0.39, 0.29) is 12.4 Å². The molecule has 0 aliphatic carbocycles. The van der Waals surface area contributed by atoms with Gasteiger partial charge in [-0.2, -0.15) is 8.78 Å². The number of nitro groups is 1. The second kappa shape index (κ2) is 6.13. The van der Waals surface area contributed by atoms with Gasteiger partial charge in [-0.15, -0.1) is 0 Å². The summed E-state index contributed by atoms with van der Waals surface area (Å²) < 4.78 is 39.8. The molecular weight excluding hydrogens is 280 g/mol. The molecule has 0 aliphatic heterocycles. The van der Waals surface area contributed by atoms with Crippen molar-refractivity contribution >= 4 is 11.7 Å². The van der Waals surface area contributed by atoms with E-state index in [1.54, 1.807) is 0 Å². The molecule has 0 atom stereocenters. The highest BCUT2D eigenvalue weighted by atomic mass is 19.3. The number of rotatable bonds is 6. The van der Waals surface area contributed by atoms with E-state index in [1.807, 2.05) is 0 Å². The number of carbonyl (C=O) groups excluding carboxylic acids is 1. The second-order valence-electron chi connectivity index (χ2n) is 3.43. The summed E-state index contributed by atoms with van der Waals surface area (Å²) in [6, 6.07) is 3.01. The lowest BCUT2D eigenvalue weighted by Gasteiger charge is -2.16. The van der Waals surface area contributed by atoms with Crippen LogP contribution < -0.4 is 9.47 Å². The Bertz CT molecular complexity index is 520. The van der Waals surface area contributed by atoms with E-state index in [1.165, 1.54) is 20.1 Å². The predicted molar refractivity (Wildman–Crippen MR) is 61.9 cm³/mol. The summed E-state index contributed by atoms with van der Waals surface area (Å²) in [5.41, 5.74) is -0.727. The van der Waals surface area contributed by atoms with Gasteiger partial charge in [-0.25, -0.2) is 4.79 Å². The number of carbonyl (C=O) groups is 1. The van der Waals surface area contributed by atoms with E-state index in [2.05, 4.69) is 9.47 Å². The Labute approximate surface area is 112 Å². The van der Waals surface area contributed by atoms with Crippen molar-refractivity contribution in [3.05, 3.63) is 28.3 Å². The molecular formula is C11H11F2NO6. The standard InChI is InChI=1S/C11H11F2NO6/c1-3-19-10(15)11(12,13)20-9-6-7(18-2)4-5-8(9)14(16)17/h4-6H,3H2,1-2H3. The van der Waals surface area contributed by atoms with Gasteiger partial charge in [0.1, 0.15) is 5.75 Å². The minimum Gasteiger partial charge on any atom is -0.497 e. The largest absolute Gasteiger partial charge is 0.502 e. The fraction of sp³-hybridized carbons (Fsp3) is 0.364. The molecule has 0 heterocycles. The van der Waals surface area contributed by atoms with Gasteiger partial charge >= 0.3 is 17.8 Å². The van der Waals surface area contributed by atoms with Crippen molar-refractivity contribution in [2.45, 2.75) is 13.0 Å². The van der Waals surface area contributed by atoms with Gasteiger partial charge < -0.3 is 14.2 Å². The van der Waals surface area contributed by atoms with Crippen molar-refractivity contribution in [1.29, 1.82) is 0 Å². The van der Waals surface area contributed by atoms with E-state index < -0.39 is 28.4 Å². The molecule has 110 valence electrons. The number of nitro benzene ring substituents is 1. The molecule has 9 heteroatoms. The normalized spacial score (nSPS) is 10.8. The Kier molecular flexibility index (Phi) is 4.78. The molecule has 0 spiro atoms. The second-order valence-corrected chi connectivity index (χ2v) is 3.43. The highest BCUT2D eigenvalue weighted by molar-refractivity contribution is 5.76. The lowest BCUT2D eigenvalue weighted by molar-refractivity contribution is -0.387. The number of benzene rings is 1. The summed E-state index contributed by atoms with van der Waals surface area (Å²) in [5.74, 6) is -2.67. The van der Waals surface area contributed by atoms with Crippen molar-refractivity contribution in [3.63, 3.8) is 0 Å². The Morgan fingerprint density at radius 2 is 2.10 bits per heavy atom. The van der Waals surface area contributed by atoms with E-state index in [0.29, 0.717) is 0 Å². The van der Waals surface area contributed by atoms with Crippen LogP contribution in [0.25, 0.3) is 0 Å².